The van der Waals surface area contributed by atoms with Crippen LogP contribution in [0.4, 0.5) is 0 Å². The van der Waals surface area contributed by atoms with Gasteiger partial charge in [0.1, 0.15) is 11.5 Å². The molecule has 0 aliphatic rings. The van der Waals surface area contributed by atoms with E-state index in [1.165, 1.54) is 0 Å². The molecule has 2 aromatic carbocycles. The molecule has 0 fully saturated rings. The lowest BCUT2D eigenvalue weighted by Gasteiger charge is -2.14. The predicted octanol–water partition coefficient (Wildman–Crippen LogP) is 6.30. The van der Waals surface area contributed by atoms with Gasteiger partial charge in [-0.25, -0.2) is 0 Å². The average Bonchev–Trinajstić information content (AvgIpc) is 2.59. The van der Waals surface area contributed by atoms with E-state index in [4.69, 9.17) is 32.7 Å². The summed E-state index contributed by atoms with van der Waals surface area (Å²) < 4.78 is 11.7. The van der Waals surface area contributed by atoms with Gasteiger partial charge < -0.3 is 9.47 Å². The molecular formula is C21H22Cl2O2. The van der Waals surface area contributed by atoms with Crippen molar-refractivity contribution < 1.29 is 9.47 Å². The summed E-state index contributed by atoms with van der Waals surface area (Å²) in [5.74, 6) is 1.43. The molecule has 0 heterocycles. The van der Waals surface area contributed by atoms with E-state index in [1.807, 2.05) is 48.6 Å². The van der Waals surface area contributed by atoms with E-state index in [0.29, 0.717) is 34.8 Å². The molecule has 0 N–H and O–H groups in total. The molecule has 0 radical (unpaired) electrons. The third-order valence-electron chi connectivity index (χ3n) is 3.61. The number of halogens is 2. The molecular weight excluding hydrogens is 355 g/mol. The minimum absolute atomic E-state index is 0.509. The highest BCUT2D eigenvalue weighted by Gasteiger charge is 2.09. The van der Waals surface area contributed by atoms with Crippen molar-refractivity contribution in [1.82, 2.24) is 0 Å². The lowest BCUT2D eigenvalue weighted by atomic mass is 10.1. The molecule has 4 heteroatoms. The molecule has 25 heavy (non-hydrogen) atoms. The summed E-state index contributed by atoms with van der Waals surface area (Å²) in [5, 5.41) is 1.22. The van der Waals surface area contributed by atoms with Crippen LogP contribution >= 0.6 is 23.2 Å². The minimum Gasteiger partial charge on any atom is -0.492 e. The summed E-state index contributed by atoms with van der Waals surface area (Å²) in [6.07, 6.45) is 5.83. The Labute approximate surface area is 159 Å². The summed E-state index contributed by atoms with van der Waals surface area (Å²) in [7, 11) is 0. The first-order valence-corrected chi connectivity index (χ1v) is 8.95. The second kappa shape index (κ2) is 10.2. The first-order chi connectivity index (χ1) is 12.2. The third kappa shape index (κ3) is 5.55. The first-order valence-electron chi connectivity index (χ1n) is 8.19. The lowest BCUT2D eigenvalue weighted by Crippen LogP contribution is -2.07. The molecule has 0 spiro atoms. The highest BCUT2D eigenvalue weighted by molar-refractivity contribution is 6.32. The van der Waals surface area contributed by atoms with E-state index >= 15 is 0 Å². The average molecular weight is 377 g/mol. The Morgan fingerprint density at radius 2 is 1.20 bits per heavy atom. The number of allylic oxidation sites excluding steroid dienone is 2. The molecule has 0 aromatic heterocycles. The van der Waals surface area contributed by atoms with Crippen LogP contribution in [0.1, 0.15) is 17.5 Å². The molecule has 0 aliphatic carbocycles. The van der Waals surface area contributed by atoms with Gasteiger partial charge >= 0.3 is 0 Å². The highest BCUT2D eigenvalue weighted by Crippen LogP contribution is 2.30. The number of benzene rings is 2. The zero-order chi connectivity index (χ0) is 18.1. The molecule has 2 rings (SSSR count). The Morgan fingerprint density at radius 3 is 1.60 bits per heavy atom. The molecule has 0 aliphatic heterocycles. The van der Waals surface area contributed by atoms with Crippen LogP contribution in [0, 0.1) is 0 Å². The standard InChI is InChI=1S/C21H22Cl2O2/c1-3-8-16-10-5-12-18(22)20(16)24-14-7-15-25-21-17(9-4-2)11-6-13-19(21)23/h3-6,10-13H,1-2,7-9,14-15H2. The van der Waals surface area contributed by atoms with Crippen molar-refractivity contribution in [3.8, 4) is 11.5 Å². The molecule has 0 unspecified atom stereocenters. The van der Waals surface area contributed by atoms with Gasteiger partial charge in [0.2, 0.25) is 0 Å². The molecule has 0 atom stereocenters. The van der Waals surface area contributed by atoms with Crippen molar-refractivity contribution in [2.24, 2.45) is 0 Å². The Balaban J connectivity index is 1.89. The molecule has 2 aromatic rings. The smallest absolute Gasteiger partial charge is 0.141 e. The summed E-state index contributed by atoms with van der Waals surface area (Å²) in [5.41, 5.74) is 2.06. The van der Waals surface area contributed by atoms with Crippen molar-refractivity contribution in [3.63, 3.8) is 0 Å². The van der Waals surface area contributed by atoms with Gasteiger partial charge in [-0.2, -0.15) is 0 Å². The number of hydrogen-bond acceptors (Lipinski definition) is 2. The number of ether oxygens (including phenoxy) is 2. The lowest BCUT2D eigenvalue weighted by molar-refractivity contribution is 0.245. The van der Waals surface area contributed by atoms with Gasteiger partial charge in [0, 0.05) is 6.42 Å². The summed E-state index contributed by atoms with van der Waals surface area (Å²) in [6.45, 7) is 8.54. The molecule has 0 bridgehead atoms. The van der Waals surface area contributed by atoms with Crippen LogP contribution in [0.3, 0.4) is 0 Å². The van der Waals surface area contributed by atoms with Crippen molar-refractivity contribution >= 4 is 23.2 Å². The maximum Gasteiger partial charge on any atom is 0.141 e. The van der Waals surface area contributed by atoms with Gasteiger partial charge in [0.15, 0.2) is 0 Å². The van der Waals surface area contributed by atoms with Gasteiger partial charge in [-0.1, -0.05) is 59.6 Å². The Kier molecular flexibility index (Phi) is 7.90. The molecule has 0 saturated heterocycles. The van der Waals surface area contributed by atoms with E-state index in [9.17, 15) is 0 Å². The van der Waals surface area contributed by atoms with Gasteiger partial charge in [0.25, 0.3) is 0 Å². The van der Waals surface area contributed by atoms with Crippen molar-refractivity contribution in [3.05, 3.63) is 82.9 Å². The fraction of sp³-hybridized carbons (Fsp3) is 0.238. The number of hydrogen-bond donors (Lipinski definition) is 0. The van der Waals surface area contributed by atoms with Gasteiger partial charge in [-0.15, -0.1) is 13.2 Å². The second-order valence-corrected chi connectivity index (χ2v) is 6.31. The molecule has 0 saturated carbocycles. The maximum atomic E-state index is 6.23. The van der Waals surface area contributed by atoms with Crippen LogP contribution in [0.15, 0.2) is 61.7 Å². The van der Waals surface area contributed by atoms with E-state index < -0.39 is 0 Å². The minimum atomic E-state index is 0.509. The van der Waals surface area contributed by atoms with Crippen LogP contribution in [0.5, 0.6) is 11.5 Å². The van der Waals surface area contributed by atoms with E-state index in [1.54, 1.807) is 0 Å². The van der Waals surface area contributed by atoms with Crippen LogP contribution in [-0.2, 0) is 12.8 Å². The monoisotopic (exact) mass is 376 g/mol. The fourth-order valence-corrected chi connectivity index (χ4v) is 2.97. The third-order valence-corrected chi connectivity index (χ3v) is 4.20. The first kappa shape index (κ1) is 19.4. The number of para-hydroxylation sites is 2. The zero-order valence-corrected chi connectivity index (χ0v) is 15.7. The van der Waals surface area contributed by atoms with Crippen LogP contribution in [0.25, 0.3) is 0 Å². The van der Waals surface area contributed by atoms with Crippen LogP contribution in [0.2, 0.25) is 10.0 Å². The quantitative estimate of drug-likeness (QED) is 0.357. The predicted molar refractivity (Wildman–Crippen MR) is 106 cm³/mol. The van der Waals surface area contributed by atoms with Crippen molar-refractivity contribution in [2.75, 3.05) is 13.2 Å². The zero-order valence-electron chi connectivity index (χ0n) is 14.1. The summed E-state index contributed by atoms with van der Waals surface area (Å²) in [4.78, 5) is 0. The Hall–Kier alpha value is -1.90. The van der Waals surface area contributed by atoms with Gasteiger partial charge in [0.05, 0.1) is 23.3 Å². The van der Waals surface area contributed by atoms with Crippen molar-refractivity contribution in [1.29, 1.82) is 0 Å². The highest BCUT2D eigenvalue weighted by atomic mass is 35.5. The topological polar surface area (TPSA) is 18.5 Å². The van der Waals surface area contributed by atoms with Crippen LogP contribution < -0.4 is 9.47 Å². The molecule has 0 amide bonds. The summed E-state index contributed by atoms with van der Waals surface area (Å²) in [6, 6.07) is 11.5. The maximum absolute atomic E-state index is 6.23. The second-order valence-electron chi connectivity index (χ2n) is 5.49. The SMILES string of the molecule is C=CCc1cccc(Cl)c1OCCCOc1c(Cl)cccc1CC=C. The van der Waals surface area contributed by atoms with E-state index in [0.717, 1.165) is 30.4 Å². The molecule has 2 nitrogen and oxygen atoms in total. The largest absolute Gasteiger partial charge is 0.492 e. The number of rotatable bonds is 10. The normalized spacial score (nSPS) is 10.3. The van der Waals surface area contributed by atoms with Crippen molar-refractivity contribution in [2.45, 2.75) is 19.3 Å². The molecule has 132 valence electrons. The summed E-state index contributed by atoms with van der Waals surface area (Å²) >= 11 is 12.5. The van der Waals surface area contributed by atoms with E-state index in [-0.39, 0.29) is 0 Å². The van der Waals surface area contributed by atoms with Crippen LogP contribution in [-0.4, -0.2) is 13.2 Å². The fourth-order valence-electron chi connectivity index (χ4n) is 2.47. The Morgan fingerprint density at radius 1 is 0.760 bits per heavy atom. The van der Waals surface area contributed by atoms with E-state index in [2.05, 4.69) is 13.2 Å². The Bertz CT molecular complexity index is 664. The van der Waals surface area contributed by atoms with Gasteiger partial charge in [-0.3, -0.25) is 0 Å². The van der Waals surface area contributed by atoms with Gasteiger partial charge in [-0.05, 0) is 36.1 Å².